The minimum Gasteiger partial charge on any atom is -0.357 e. The minimum atomic E-state index is -3.10. The quantitative estimate of drug-likeness (QED) is 0.359. The smallest absolute Gasteiger partial charge is 0.211 e. The average molecular weight is 347 g/mol. The molecule has 126 valence electrons. The molecule has 0 aliphatic carbocycles. The van der Waals surface area contributed by atoms with E-state index in [4.69, 9.17) is 0 Å². The van der Waals surface area contributed by atoms with Crippen LogP contribution in [0.25, 0.3) is 0 Å². The first-order valence-corrected chi connectivity index (χ1v) is 9.98. The van der Waals surface area contributed by atoms with Crippen molar-refractivity contribution < 1.29 is 8.42 Å². The van der Waals surface area contributed by atoms with Crippen LogP contribution >= 0.6 is 11.3 Å². The second-order valence-corrected chi connectivity index (χ2v) is 8.25. The van der Waals surface area contributed by atoms with Crippen LogP contribution in [0.1, 0.15) is 30.0 Å². The van der Waals surface area contributed by atoms with E-state index in [1.807, 2.05) is 6.92 Å². The van der Waals surface area contributed by atoms with Gasteiger partial charge in [-0.2, -0.15) is 0 Å². The van der Waals surface area contributed by atoms with Gasteiger partial charge in [0.2, 0.25) is 10.0 Å². The lowest BCUT2D eigenvalue weighted by atomic mass is 10.4. The third kappa shape index (κ3) is 7.77. The van der Waals surface area contributed by atoms with Crippen molar-refractivity contribution in [2.75, 3.05) is 25.4 Å². The molecule has 0 atom stereocenters. The molecule has 0 radical (unpaired) electrons. The molecule has 0 bridgehead atoms. The van der Waals surface area contributed by atoms with E-state index < -0.39 is 10.0 Å². The molecule has 0 unspecified atom stereocenters. The van der Waals surface area contributed by atoms with E-state index in [1.165, 1.54) is 9.75 Å². The topological polar surface area (TPSA) is 82.6 Å². The first-order valence-electron chi connectivity index (χ1n) is 7.51. The van der Waals surface area contributed by atoms with E-state index in [0.29, 0.717) is 26.1 Å². The summed E-state index contributed by atoms with van der Waals surface area (Å²) in [6, 6.07) is 4.18. The third-order valence-electron chi connectivity index (χ3n) is 2.88. The van der Waals surface area contributed by atoms with E-state index in [1.54, 1.807) is 18.3 Å². The van der Waals surface area contributed by atoms with Gasteiger partial charge in [0.1, 0.15) is 0 Å². The largest absolute Gasteiger partial charge is 0.357 e. The Morgan fingerprint density at radius 1 is 1.23 bits per heavy atom. The molecule has 22 heavy (non-hydrogen) atoms. The van der Waals surface area contributed by atoms with Gasteiger partial charge in [-0.05, 0) is 39.3 Å². The second kappa shape index (κ2) is 9.81. The van der Waals surface area contributed by atoms with Gasteiger partial charge < -0.3 is 10.6 Å². The number of thiophene rings is 1. The Balaban J connectivity index is 2.34. The summed E-state index contributed by atoms with van der Waals surface area (Å²) in [7, 11) is -3.10. The molecule has 0 aromatic carbocycles. The molecule has 0 saturated carbocycles. The maximum absolute atomic E-state index is 11.3. The summed E-state index contributed by atoms with van der Waals surface area (Å²) >= 11 is 1.75. The highest BCUT2D eigenvalue weighted by atomic mass is 32.2. The average Bonchev–Trinajstić information content (AvgIpc) is 2.90. The molecule has 0 aliphatic rings. The summed E-state index contributed by atoms with van der Waals surface area (Å²) in [5.41, 5.74) is 0. The highest BCUT2D eigenvalue weighted by Crippen LogP contribution is 2.15. The number of nitrogens with one attached hydrogen (secondary N) is 3. The number of sulfonamides is 1. The monoisotopic (exact) mass is 346 g/mol. The molecule has 6 nitrogen and oxygen atoms in total. The fourth-order valence-electron chi connectivity index (χ4n) is 1.69. The van der Waals surface area contributed by atoms with Crippen LogP contribution in [0.5, 0.6) is 0 Å². The van der Waals surface area contributed by atoms with Crippen molar-refractivity contribution in [3.8, 4) is 0 Å². The van der Waals surface area contributed by atoms with Gasteiger partial charge in [-0.25, -0.2) is 18.1 Å². The van der Waals surface area contributed by atoms with E-state index in [9.17, 15) is 8.42 Å². The molecule has 0 fully saturated rings. The summed E-state index contributed by atoms with van der Waals surface area (Å²) in [4.78, 5) is 7.04. The molecule has 1 aromatic rings. The number of hydrogen-bond acceptors (Lipinski definition) is 4. The van der Waals surface area contributed by atoms with E-state index in [0.717, 1.165) is 12.5 Å². The van der Waals surface area contributed by atoms with E-state index in [2.05, 4.69) is 39.4 Å². The minimum absolute atomic E-state index is 0.116. The summed E-state index contributed by atoms with van der Waals surface area (Å²) < 4.78 is 25.1. The molecule has 0 spiro atoms. The first kappa shape index (κ1) is 18.9. The van der Waals surface area contributed by atoms with Gasteiger partial charge in [-0.1, -0.05) is 0 Å². The van der Waals surface area contributed by atoms with Crippen molar-refractivity contribution in [1.82, 2.24) is 15.4 Å². The van der Waals surface area contributed by atoms with Crippen LogP contribution in [0.3, 0.4) is 0 Å². The molecule has 1 rings (SSSR count). The maximum atomic E-state index is 11.3. The normalized spacial score (nSPS) is 12.4. The summed E-state index contributed by atoms with van der Waals surface area (Å²) in [5, 5.41) is 6.39. The lowest BCUT2D eigenvalue weighted by molar-refractivity contribution is 0.579. The highest BCUT2D eigenvalue weighted by molar-refractivity contribution is 7.89. The second-order valence-electron chi connectivity index (χ2n) is 4.79. The van der Waals surface area contributed by atoms with E-state index in [-0.39, 0.29) is 5.75 Å². The number of aryl methyl sites for hydroxylation is 1. The molecular weight excluding hydrogens is 320 g/mol. The molecule has 8 heteroatoms. The summed E-state index contributed by atoms with van der Waals surface area (Å²) in [6.07, 6.45) is 0.710. The number of aliphatic imine (C=N–C) groups is 1. The van der Waals surface area contributed by atoms with Crippen LogP contribution in [0.15, 0.2) is 17.1 Å². The van der Waals surface area contributed by atoms with Crippen LogP contribution in [0, 0.1) is 6.92 Å². The van der Waals surface area contributed by atoms with Crippen molar-refractivity contribution in [2.45, 2.75) is 33.7 Å². The number of guanidine groups is 1. The van der Waals surface area contributed by atoms with Crippen LogP contribution in [0.2, 0.25) is 0 Å². The Bertz CT molecular complexity index is 567. The molecule has 0 aliphatic heterocycles. The number of rotatable bonds is 9. The Kier molecular flexibility index (Phi) is 8.44. The van der Waals surface area contributed by atoms with Gasteiger partial charge in [0.15, 0.2) is 5.96 Å². The first-order chi connectivity index (χ1) is 10.5. The van der Waals surface area contributed by atoms with Crippen molar-refractivity contribution >= 4 is 27.3 Å². The van der Waals surface area contributed by atoms with Crippen molar-refractivity contribution in [2.24, 2.45) is 4.99 Å². The van der Waals surface area contributed by atoms with Crippen molar-refractivity contribution in [1.29, 1.82) is 0 Å². The maximum Gasteiger partial charge on any atom is 0.211 e. The van der Waals surface area contributed by atoms with Crippen LogP contribution in [0.4, 0.5) is 0 Å². The molecular formula is C14H26N4O2S2. The Labute approximate surface area is 137 Å². The van der Waals surface area contributed by atoms with Gasteiger partial charge in [0.25, 0.3) is 0 Å². The number of hydrogen-bond donors (Lipinski definition) is 3. The zero-order valence-corrected chi connectivity index (χ0v) is 15.1. The van der Waals surface area contributed by atoms with Gasteiger partial charge >= 0.3 is 0 Å². The molecule has 3 N–H and O–H groups in total. The van der Waals surface area contributed by atoms with Crippen LogP contribution in [-0.2, 0) is 16.6 Å². The summed E-state index contributed by atoms with van der Waals surface area (Å²) in [5.74, 6) is 0.872. The Hall–Kier alpha value is -1.12. The van der Waals surface area contributed by atoms with Crippen LogP contribution in [-0.4, -0.2) is 39.8 Å². The lowest BCUT2D eigenvalue weighted by Crippen LogP contribution is -2.38. The molecule has 0 saturated heterocycles. The Morgan fingerprint density at radius 3 is 2.59 bits per heavy atom. The predicted molar refractivity (Wildman–Crippen MR) is 94.0 cm³/mol. The standard InChI is InChI=1S/C14H26N4O2S2/c1-4-15-14(17-11-13-8-7-12(3)21-13)16-9-6-10-18-22(19,20)5-2/h7-8,18H,4-6,9-11H2,1-3H3,(H2,15,16,17). The molecule has 0 amide bonds. The van der Waals surface area contributed by atoms with Crippen LogP contribution < -0.4 is 15.4 Å². The Morgan fingerprint density at radius 2 is 2.00 bits per heavy atom. The zero-order chi connectivity index (χ0) is 16.4. The number of nitrogens with zero attached hydrogens (tertiary/aromatic N) is 1. The zero-order valence-electron chi connectivity index (χ0n) is 13.5. The van der Waals surface area contributed by atoms with Crippen molar-refractivity contribution in [3.63, 3.8) is 0 Å². The molecule has 1 aromatic heterocycles. The fourth-order valence-corrected chi connectivity index (χ4v) is 3.17. The SMILES string of the molecule is CCNC(=NCc1ccc(C)s1)NCCCNS(=O)(=O)CC. The molecule has 1 heterocycles. The predicted octanol–water partition coefficient (Wildman–Crippen LogP) is 1.44. The van der Waals surface area contributed by atoms with E-state index >= 15 is 0 Å². The third-order valence-corrected chi connectivity index (χ3v) is 5.27. The van der Waals surface area contributed by atoms with Gasteiger partial charge in [-0.3, -0.25) is 0 Å². The fraction of sp³-hybridized carbons (Fsp3) is 0.643. The van der Waals surface area contributed by atoms with Gasteiger partial charge in [-0.15, -0.1) is 11.3 Å². The van der Waals surface area contributed by atoms with Crippen molar-refractivity contribution in [3.05, 3.63) is 21.9 Å². The summed E-state index contributed by atoms with van der Waals surface area (Å²) in [6.45, 7) is 8.27. The lowest BCUT2D eigenvalue weighted by Gasteiger charge is -2.11. The van der Waals surface area contributed by atoms with Gasteiger partial charge in [0.05, 0.1) is 12.3 Å². The van der Waals surface area contributed by atoms with Gasteiger partial charge in [0, 0.05) is 29.4 Å². The highest BCUT2D eigenvalue weighted by Gasteiger charge is 2.04.